The molecule has 0 aromatic rings. The molecule has 4 nitrogen and oxygen atoms in total. The molecule has 2 atom stereocenters. The average Bonchev–Trinajstić information content (AvgIpc) is 2.36. The van der Waals surface area contributed by atoms with Crippen LogP contribution in [0, 0.1) is 22.7 Å². The minimum Gasteiger partial charge on any atom is -0.230 e. The molecule has 0 rings (SSSR count). The molecule has 0 spiro atoms. The van der Waals surface area contributed by atoms with Gasteiger partial charge in [0.2, 0.25) is 0 Å². The van der Waals surface area contributed by atoms with E-state index in [4.69, 9.17) is 19.6 Å². The predicted molar refractivity (Wildman–Crippen MR) is 118 cm³/mol. The lowest BCUT2D eigenvalue weighted by atomic mass is 9.55. The summed E-state index contributed by atoms with van der Waals surface area (Å²) in [6.45, 7) is 34.1. The van der Waals surface area contributed by atoms with Crippen LogP contribution in [0.3, 0.4) is 0 Å². The number of rotatable bonds is 7. The largest absolute Gasteiger partial charge is 0.230 e. The van der Waals surface area contributed by atoms with Crippen molar-refractivity contribution in [3.8, 4) is 0 Å². The van der Waals surface area contributed by atoms with Gasteiger partial charge >= 0.3 is 0 Å². The van der Waals surface area contributed by atoms with Crippen LogP contribution in [0.25, 0.3) is 0 Å². The van der Waals surface area contributed by atoms with Gasteiger partial charge in [0.1, 0.15) is 11.2 Å². The quantitative estimate of drug-likeness (QED) is 0.329. The highest BCUT2D eigenvalue weighted by molar-refractivity contribution is 5.01. The molecule has 0 heterocycles. The Morgan fingerprint density at radius 1 is 0.357 bits per heavy atom. The lowest BCUT2D eigenvalue weighted by molar-refractivity contribution is -0.436. The zero-order chi connectivity index (χ0) is 23.0. The van der Waals surface area contributed by atoms with Crippen LogP contribution in [0.4, 0.5) is 0 Å². The van der Waals surface area contributed by atoms with Crippen LogP contribution in [-0.4, -0.2) is 22.4 Å². The third-order valence-corrected chi connectivity index (χ3v) is 4.71. The summed E-state index contributed by atoms with van der Waals surface area (Å²) in [7, 11) is 0. The highest BCUT2D eigenvalue weighted by atomic mass is 17.2. The van der Waals surface area contributed by atoms with Crippen molar-refractivity contribution in [3.05, 3.63) is 0 Å². The van der Waals surface area contributed by atoms with E-state index in [1.807, 2.05) is 41.5 Å². The van der Waals surface area contributed by atoms with E-state index >= 15 is 0 Å². The molecule has 0 aliphatic rings. The van der Waals surface area contributed by atoms with Crippen molar-refractivity contribution < 1.29 is 19.6 Å². The molecular formula is C24H50O4. The van der Waals surface area contributed by atoms with Gasteiger partial charge in [-0.25, -0.2) is 19.6 Å². The van der Waals surface area contributed by atoms with Crippen LogP contribution in [-0.2, 0) is 19.6 Å². The van der Waals surface area contributed by atoms with Crippen molar-refractivity contribution in [3.63, 3.8) is 0 Å². The van der Waals surface area contributed by atoms with Crippen LogP contribution in [0.2, 0.25) is 0 Å². The van der Waals surface area contributed by atoms with Crippen molar-refractivity contribution in [1.29, 1.82) is 0 Å². The summed E-state index contributed by atoms with van der Waals surface area (Å²) in [5.74, 6) is 0.252. The highest BCUT2D eigenvalue weighted by Gasteiger charge is 2.55. The Morgan fingerprint density at radius 2 is 0.571 bits per heavy atom. The van der Waals surface area contributed by atoms with E-state index in [9.17, 15) is 0 Å². The second kappa shape index (κ2) is 8.53. The summed E-state index contributed by atoms with van der Waals surface area (Å²) < 4.78 is 0. The molecule has 0 N–H and O–H groups in total. The zero-order valence-electron chi connectivity index (χ0n) is 21.8. The van der Waals surface area contributed by atoms with Crippen LogP contribution >= 0.6 is 0 Å². The first-order chi connectivity index (χ1) is 11.9. The van der Waals surface area contributed by atoms with Gasteiger partial charge in [0.05, 0.1) is 11.2 Å². The normalized spacial score (nSPS) is 17.6. The van der Waals surface area contributed by atoms with Crippen molar-refractivity contribution in [2.75, 3.05) is 0 Å². The molecule has 28 heavy (non-hydrogen) atoms. The van der Waals surface area contributed by atoms with E-state index < -0.39 is 11.2 Å². The van der Waals surface area contributed by atoms with Crippen LogP contribution in [0.1, 0.15) is 111 Å². The first-order valence-corrected chi connectivity index (χ1v) is 10.6. The molecule has 0 aromatic heterocycles. The molecule has 0 fully saturated rings. The van der Waals surface area contributed by atoms with Crippen LogP contribution in [0.5, 0.6) is 0 Å². The number of hydrogen-bond acceptors (Lipinski definition) is 4. The molecule has 170 valence electrons. The molecule has 0 amide bonds. The van der Waals surface area contributed by atoms with E-state index in [2.05, 4.69) is 69.2 Å². The minimum atomic E-state index is -0.536. The Labute approximate surface area is 175 Å². The van der Waals surface area contributed by atoms with E-state index in [1.165, 1.54) is 0 Å². The maximum Gasteiger partial charge on any atom is 0.102 e. The van der Waals surface area contributed by atoms with Gasteiger partial charge in [0.15, 0.2) is 0 Å². The van der Waals surface area contributed by atoms with E-state index in [0.717, 1.165) is 0 Å². The summed E-state index contributed by atoms with van der Waals surface area (Å²) in [4.78, 5) is 23.8. The van der Waals surface area contributed by atoms with E-state index in [0.29, 0.717) is 0 Å². The molecule has 0 aliphatic carbocycles. The molecule has 0 saturated heterocycles. The molecule has 0 bridgehead atoms. The first kappa shape index (κ1) is 27.8. The first-order valence-electron chi connectivity index (χ1n) is 10.6. The summed E-state index contributed by atoms with van der Waals surface area (Å²) in [6.07, 6.45) is 0. The van der Waals surface area contributed by atoms with Gasteiger partial charge in [-0.2, -0.15) is 0 Å². The Kier molecular flexibility index (Phi) is 8.48. The number of hydrogen-bond donors (Lipinski definition) is 0. The molecule has 0 radical (unpaired) electrons. The summed E-state index contributed by atoms with van der Waals surface area (Å²) in [6, 6.07) is 0. The third kappa shape index (κ3) is 9.11. The molecular weight excluding hydrogens is 352 g/mol. The fourth-order valence-corrected chi connectivity index (χ4v) is 4.46. The average molecular weight is 403 g/mol. The van der Waals surface area contributed by atoms with Gasteiger partial charge in [-0.3, -0.25) is 0 Å². The van der Waals surface area contributed by atoms with Gasteiger partial charge in [-0.15, -0.1) is 0 Å². The maximum atomic E-state index is 6.10. The summed E-state index contributed by atoms with van der Waals surface area (Å²) in [5, 5.41) is 0. The van der Waals surface area contributed by atoms with Crippen molar-refractivity contribution in [1.82, 2.24) is 0 Å². The summed E-state index contributed by atoms with van der Waals surface area (Å²) in [5.41, 5.74) is -1.93. The second-order valence-corrected chi connectivity index (χ2v) is 13.5. The Morgan fingerprint density at radius 3 is 0.714 bits per heavy atom. The lowest BCUT2D eigenvalue weighted by Gasteiger charge is -2.55. The zero-order valence-corrected chi connectivity index (χ0v) is 21.8. The van der Waals surface area contributed by atoms with Crippen molar-refractivity contribution >= 4 is 0 Å². The molecule has 2 unspecified atom stereocenters. The summed E-state index contributed by atoms with van der Waals surface area (Å²) >= 11 is 0. The van der Waals surface area contributed by atoms with Gasteiger partial charge in [-0.1, -0.05) is 41.5 Å². The SMILES string of the molecule is CC(C)(C)OOC(C)(C)C(C(C(C)(C)C)C(C)(C)OOC(C)(C)C)C(C)(C)C. The van der Waals surface area contributed by atoms with E-state index in [1.54, 1.807) is 0 Å². The van der Waals surface area contributed by atoms with Crippen molar-refractivity contribution in [2.24, 2.45) is 22.7 Å². The Bertz CT molecular complexity index is 433. The second-order valence-electron chi connectivity index (χ2n) is 13.5. The Balaban J connectivity index is 6.19. The van der Waals surface area contributed by atoms with Crippen LogP contribution in [0.15, 0.2) is 0 Å². The van der Waals surface area contributed by atoms with Gasteiger partial charge in [-0.05, 0) is 80.1 Å². The Hall–Kier alpha value is -0.160. The predicted octanol–water partition coefficient (Wildman–Crippen LogP) is 7.36. The molecule has 0 saturated carbocycles. The van der Waals surface area contributed by atoms with Gasteiger partial charge in [0, 0.05) is 11.8 Å². The highest BCUT2D eigenvalue weighted by Crippen LogP contribution is 2.53. The van der Waals surface area contributed by atoms with Crippen molar-refractivity contribution in [2.45, 2.75) is 133 Å². The van der Waals surface area contributed by atoms with E-state index in [-0.39, 0.29) is 33.9 Å². The minimum absolute atomic E-state index is 0.0505. The standard InChI is InChI=1S/C24H50O4/c1-19(2,3)17(23(13,14)27-25-21(7,8)9)18(20(4,5)6)24(15,16)28-26-22(10,11)12/h17-18H,1-16H3. The van der Waals surface area contributed by atoms with Gasteiger partial charge in [0.25, 0.3) is 0 Å². The smallest absolute Gasteiger partial charge is 0.102 e. The van der Waals surface area contributed by atoms with Gasteiger partial charge < -0.3 is 0 Å². The molecule has 0 aliphatic heterocycles. The molecule has 0 aromatic carbocycles. The third-order valence-electron chi connectivity index (χ3n) is 4.71. The fraction of sp³-hybridized carbons (Fsp3) is 1.00. The lowest BCUT2D eigenvalue weighted by Crippen LogP contribution is -2.57. The molecule has 4 heteroatoms. The topological polar surface area (TPSA) is 36.9 Å². The monoisotopic (exact) mass is 402 g/mol. The fourth-order valence-electron chi connectivity index (χ4n) is 4.46. The maximum absolute atomic E-state index is 6.10. The van der Waals surface area contributed by atoms with Crippen LogP contribution < -0.4 is 0 Å².